The second-order valence-electron chi connectivity index (χ2n) is 9.11. The molecule has 5 fully saturated rings. The molecule has 3 atom stereocenters. The number of likely N-dealkylation sites (tertiary alicyclic amines) is 2. The minimum atomic E-state index is -0.770. The van der Waals surface area contributed by atoms with Crippen LogP contribution < -0.4 is 0 Å². The Morgan fingerprint density at radius 2 is 1.77 bits per heavy atom. The number of nitrogens with zero attached hydrogens (tertiary/aromatic N) is 3. The normalized spacial score (nSPS) is 42.5. The number of ether oxygens (including phenoxy) is 1. The Labute approximate surface area is 154 Å². The van der Waals surface area contributed by atoms with Gasteiger partial charge in [-0.1, -0.05) is 0 Å². The topological polar surface area (TPSA) is 73.3 Å². The molecule has 2 aliphatic carbocycles. The van der Waals surface area contributed by atoms with Crippen LogP contribution in [0.1, 0.15) is 25.7 Å². The van der Waals surface area contributed by atoms with Gasteiger partial charge in [-0.25, -0.2) is 4.79 Å². The Morgan fingerprint density at radius 3 is 2.46 bits per heavy atom. The van der Waals surface area contributed by atoms with Crippen molar-refractivity contribution in [2.75, 3.05) is 52.5 Å². The summed E-state index contributed by atoms with van der Waals surface area (Å²) in [5, 5.41) is 9.16. The molecule has 3 heterocycles. The number of hydrogen-bond donors (Lipinski definition) is 1. The molecule has 7 heteroatoms. The maximum Gasteiger partial charge on any atom is 0.407 e. The first-order chi connectivity index (χ1) is 12.6. The van der Waals surface area contributed by atoms with Gasteiger partial charge in [-0.05, 0) is 42.9 Å². The lowest BCUT2D eigenvalue weighted by molar-refractivity contribution is -0.133. The standard InChI is InChI=1S/C19H29N3O4/c23-17(20-3-1-6-26-7-5-20)16-14-10-22(11-15(14)16)13-8-19(9-13)2-4-21(12-19)18(24)25/h13-16H,1-12H2,(H,24,25)/t13?,14-,15+,16?,19?. The molecule has 5 aliphatic rings. The molecule has 144 valence electrons. The van der Waals surface area contributed by atoms with Crippen LogP contribution in [0.2, 0.25) is 0 Å². The summed E-state index contributed by atoms with van der Waals surface area (Å²) < 4.78 is 5.47. The van der Waals surface area contributed by atoms with Crippen molar-refractivity contribution in [3.63, 3.8) is 0 Å². The lowest BCUT2D eigenvalue weighted by atomic mass is 9.64. The van der Waals surface area contributed by atoms with E-state index in [1.54, 1.807) is 4.90 Å². The summed E-state index contributed by atoms with van der Waals surface area (Å²) in [5.41, 5.74) is 0.247. The zero-order valence-electron chi connectivity index (χ0n) is 15.3. The van der Waals surface area contributed by atoms with Gasteiger partial charge in [-0.2, -0.15) is 0 Å². The Kier molecular flexibility index (Phi) is 3.94. The predicted octanol–water partition coefficient (Wildman–Crippen LogP) is 0.946. The summed E-state index contributed by atoms with van der Waals surface area (Å²) in [6.45, 7) is 6.60. The third-order valence-corrected chi connectivity index (χ3v) is 7.60. The van der Waals surface area contributed by atoms with Gasteiger partial charge in [0.05, 0.1) is 6.61 Å². The van der Waals surface area contributed by atoms with Crippen LogP contribution in [0.3, 0.4) is 0 Å². The second-order valence-corrected chi connectivity index (χ2v) is 9.11. The summed E-state index contributed by atoms with van der Waals surface area (Å²) in [6, 6.07) is 0.610. The molecule has 2 saturated carbocycles. The lowest BCUT2D eigenvalue weighted by Gasteiger charge is -2.49. The highest BCUT2D eigenvalue weighted by atomic mass is 16.5. The molecule has 1 spiro atoms. The average molecular weight is 363 g/mol. The molecule has 0 aromatic heterocycles. The van der Waals surface area contributed by atoms with Crippen molar-refractivity contribution < 1.29 is 19.4 Å². The maximum absolute atomic E-state index is 12.8. The van der Waals surface area contributed by atoms with Crippen molar-refractivity contribution in [1.82, 2.24) is 14.7 Å². The molecular formula is C19H29N3O4. The molecule has 0 aromatic rings. The second kappa shape index (κ2) is 6.09. The summed E-state index contributed by atoms with van der Waals surface area (Å²) in [4.78, 5) is 30.1. The molecule has 1 N–H and O–H groups in total. The van der Waals surface area contributed by atoms with E-state index in [2.05, 4.69) is 4.90 Å². The smallest absolute Gasteiger partial charge is 0.407 e. The van der Waals surface area contributed by atoms with Crippen LogP contribution in [0.15, 0.2) is 0 Å². The van der Waals surface area contributed by atoms with Gasteiger partial charge in [0.15, 0.2) is 0 Å². The fraction of sp³-hybridized carbons (Fsp3) is 0.895. The summed E-state index contributed by atoms with van der Waals surface area (Å²) in [7, 11) is 0. The molecule has 0 radical (unpaired) electrons. The van der Waals surface area contributed by atoms with Crippen LogP contribution in [-0.2, 0) is 9.53 Å². The van der Waals surface area contributed by atoms with Gasteiger partial charge in [0.2, 0.25) is 5.91 Å². The molecule has 2 amide bonds. The minimum Gasteiger partial charge on any atom is -0.465 e. The van der Waals surface area contributed by atoms with E-state index < -0.39 is 6.09 Å². The lowest BCUT2D eigenvalue weighted by Crippen LogP contribution is -2.52. The van der Waals surface area contributed by atoms with Crippen molar-refractivity contribution >= 4 is 12.0 Å². The van der Waals surface area contributed by atoms with E-state index in [-0.39, 0.29) is 11.3 Å². The summed E-state index contributed by atoms with van der Waals surface area (Å²) in [6.07, 6.45) is 3.48. The van der Waals surface area contributed by atoms with Gasteiger partial charge < -0.3 is 19.6 Å². The van der Waals surface area contributed by atoms with Crippen molar-refractivity contribution in [1.29, 1.82) is 0 Å². The predicted molar refractivity (Wildman–Crippen MR) is 93.7 cm³/mol. The number of hydrogen-bond acceptors (Lipinski definition) is 4. The zero-order valence-corrected chi connectivity index (χ0v) is 15.3. The fourth-order valence-electron chi connectivity index (χ4n) is 6.03. The molecular weight excluding hydrogens is 334 g/mol. The molecule has 7 nitrogen and oxygen atoms in total. The number of amides is 2. The van der Waals surface area contributed by atoms with E-state index in [0.717, 1.165) is 65.0 Å². The third kappa shape index (κ3) is 2.71. The zero-order chi connectivity index (χ0) is 17.9. The van der Waals surface area contributed by atoms with Crippen LogP contribution in [0, 0.1) is 23.2 Å². The Balaban J connectivity index is 1.10. The molecule has 3 aliphatic heterocycles. The van der Waals surface area contributed by atoms with E-state index in [4.69, 9.17) is 9.84 Å². The highest BCUT2D eigenvalue weighted by molar-refractivity contribution is 5.82. The van der Waals surface area contributed by atoms with Gasteiger partial charge in [0, 0.05) is 57.8 Å². The molecule has 0 aromatic carbocycles. The van der Waals surface area contributed by atoms with E-state index >= 15 is 0 Å². The maximum atomic E-state index is 12.8. The highest BCUT2D eigenvalue weighted by Crippen LogP contribution is 2.57. The van der Waals surface area contributed by atoms with Crippen LogP contribution in [0.25, 0.3) is 0 Å². The molecule has 5 rings (SSSR count). The van der Waals surface area contributed by atoms with Gasteiger partial charge in [0.25, 0.3) is 0 Å². The van der Waals surface area contributed by atoms with Gasteiger partial charge in [0.1, 0.15) is 0 Å². The molecule has 0 bridgehead atoms. The number of rotatable bonds is 2. The van der Waals surface area contributed by atoms with Crippen molar-refractivity contribution in [2.45, 2.75) is 31.7 Å². The van der Waals surface area contributed by atoms with Crippen molar-refractivity contribution in [3.05, 3.63) is 0 Å². The number of carboxylic acid groups (broad SMARTS) is 1. The Morgan fingerprint density at radius 1 is 1.00 bits per heavy atom. The van der Waals surface area contributed by atoms with Gasteiger partial charge in [-0.15, -0.1) is 0 Å². The van der Waals surface area contributed by atoms with Crippen LogP contribution in [0.4, 0.5) is 4.79 Å². The quantitative estimate of drug-likeness (QED) is 0.791. The van der Waals surface area contributed by atoms with E-state index in [0.29, 0.717) is 36.9 Å². The fourth-order valence-corrected chi connectivity index (χ4v) is 6.03. The number of carbonyl (C=O) groups is 2. The Hall–Kier alpha value is -1.34. The van der Waals surface area contributed by atoms with Gasteiger partial charge in [-0.3, -0.25) is 9.69 Å². The monoisotopic (exact) mass is 363 g/mol. The molecule has 1 unspecified atom stereocenters. The summed E-state index contributed by atoms with van der Waals surface area (Å²) >= 11 is 0. The van der Waals surface area contributed by atoms with E-state index in [9.17, 15) is 9.59 Å². The number of carbonyl (C=O) groups excluding carboxylic acids is 1. The first kappa shape index (κ1) is 16.8. The first-order valence-electron chi connectivity index (χ1n) is 10.1. The van der Waals surface area contributed by atoms with Crippen molar-refractivity contribution in [3.8, 4) is 0 Å². The van der Waals surface area contributed by atoms with Crippen LogP contribution in [0.5, 0.6) is 0 Å². The highest BCUT2D eigenvalue weighted by Gasteiger charge is 2.62. The minimum absolute atomic E-state index is 0.247. The van der Waals surface area contributed by atoms with Crippen LogP contribution in [-0.4, -0.2) is 90.3 Å². The molecule has 3 saturated heterocycles. The van der Waals surface area contributed by atoms with E-state index in [1.807, 2.05) is 4.90 Å². The largest absolute Gasteiger partial charge is 0.465 e. The van der Waals surface area contributed by atoms with Crippen LogP contribution >= 0.6 is 0 Å². The van der Waals surface area contributed by atoms with Crippen molar-refractivity contribution in [2.24, 2.45) is 23.2 Å². The summed E-state index contributed by atoms with van der Waals surface area (Å²) in [5.74, 6) is 1.74. The van der Waals surface area contributed by atoms with E-state index in [1.165, 1.54) is 0 Å². The third-order valence-electron chi connectivity index (χ3n) is 7.60. The average Bonchev–Trinajstić information content (AvgIpc) is 2.92. The number of fused-ring (bicyclic) bond motifs is 1. The number of piperidine rings is 1. The molecule has 26 heavy (non-hydrogen) atoms. The first-order valence-corrected chi connectivity index (χ1v) is 10.1. The Bertz CT molecular complexity index is 586. The van der Waals surface area contributed by atoms with Gasteiger partial charge >= 0.3 is 6.09 Å². The SMILES string of the molecule is O=C(O)N1CCC2(CC(N3C[C@@H]4C(C(=O)N5CCCOCC5)[C@@H]4C3)C2)C1.